The molecule has 25 heavy (non-hydrogen) atoms. The standard InChI is InChI=1S/C17H22ClN3O3S/c1-10-5-16(11(2)4-15(10)18)25(23,24)20-17(12-6-14(22)7-12)13-8-19-21(3)9-13/h4-5,8-9,12,14,17,20,22H,6-7H2,1-3H3/t12?,14?,17-/m1/s1. The summed E-state index contributed by atoms with van der Waals surface area (Å²) in [7, 11) is -1.95. The number of sulfonamides is 1. The third-order valence-corrected chi connectivity index (χ3v) is 6.72. The number of halogens is 1. The molecule has 0 unspecified atom stereocenters. The highest BCUT2D eigenvalue weighted by Gasteiger charge is 2.38. The van der Waals surface area contributed by atoms with Crippen molar-refractivity contribution in [2.75, 3.05) is 0 Å². The number of hydrogen-bond acceptors (Lipinski definition) is 4. The van der Waals surface area contributed by atoms with Crippen molar-refractivity contribution in [3.8, 4) is 0 Å². The molecule has 0 radical (unpaired) electrons. The van der Waals surface area contributed by atoms with E-state index in [2.05, 4.69) is 9.82 Å². The predicted octanol–water partition coefficient (Wildman–Crippen LogP) is 2.48. The van der Waals surface area contributed by atoms with Gasteiger partial charge in [0.2, 0.25) is 10.0 Å². The van der Waals surface area contributed by atoms with Crippen molar-refractivity contribution < 1.29 is 13.5 Å². The number of aliphatic hydroxyl groups excluding tert-OH is 1. The SMILES string of the molecule is Cc1cc(S(=O)(=O)N[C@@H](c2cnn(C)c2)C2CC(O)C2)c(C)cc1Cl. The number of nitrogens with zero attached hydrogens (tertiary/aromatic N) is 2. The van der Waals surface area contributed by atoms with Gasteiger partial charge in [-0.3, -0.25) is 4.68 Å². The molecule has 1 aliphatic rings. The fraction of sp³-hybridized carbons (Fsp3) is 0.471. The van der Waals surface area contributed by atoms with Crippen LogP contribution in [-0.2, 0) is 17.1 Å². The van der Waals surface area contributed by atoms with Gasteiger partial charge in [0.05, 0.1) is 23.2 Å². The first-order valence-electron chi connectivity index (χ1n) is 8.13. The maximum atomic E-state index is 13.0. The van der Waals surface area contributed by atoms with Crippen molar-refractivity contribution in [2.24, 2.45) is 13.0 Å². The van der Waals surface area contributed by atoms with E-state index >= 15 is 0 Å². The first kappa shape index (κ1) is 18.4. The molecule has 2 N–H and O–H groups in total. The quantitative estimate of drug-likeness (QED) is 0.830. The molecule has 3 rings (SSSR count). The molecule has 1 heterocycles. The molecule has 0 spiro atoms. The summed E-state index contributed by atoms with van der Waals surface area (Å²) in [5.41, 5.74) is 2.11. The summed E-state index contributed by atoms with van der Waals surface area (Å²) in [6, 6.07) is 2.84. The van der Waals surface area contributed by atoms with Crippen LogP contribution in [-0.4, -0.2) is 29.4 Å². The van der Waals surface area contributed by atoms with Crippen LogP contribution < -0.4 is 4.72 Å². The number of nitrogens with one attached hydrogen (secondary N) is 1. The first-order valence-corrected chi connectivity index (χ1v) is 9.99. The van der Waals surface area contributed by atoms with Crippen molar-refractivity contribution in [2.45, 2.75) is 43.7 Å². The Morgan fingerprint density at radius 3 is 2.56 bits per heavy atom. The molecule has 1 atom stereocenters. The second-order valence-corrected chi connectivity index (χ2v) is 8.89. The van der Waals surface area contributed by atoms with E-state index in [1.54, 1.807) is 50.1 Å². The Morgan fingerprint density at radius 1 is 1.32 bits per heavy atom. The van der Waals surface area contributed by atoms with Gasteiger partial charge in [-0.2, -0.15) is 5.10 Å². The maximum Gasteiger partial charge on any atom is 0.241 e. The lowest BCUT2D eigenvalue weighted by Crippen LogP contribution is -2.41. The van der Waals surface area contributed by atoms with E-state index in [1.165, 1.54) is 0 Å². The molecular weight excluding hydrogens is 362 g/mol. The van der Waals surface area contributed by atoms with Gasteiger partial charge < -0.3 is 5.11 Å². The first-order chi connectivity index (χ1) is 11.7. The second-order valence-electron chi connectivity index (χ2n) is 6.80. The molecule has 136 valence electrons. The van der Waals surface area contributed by atoms with Crippen LogP contribution in [0.4, 0.5) is 0 Å². The van der Waals surface area contributed by atoms with Gasteiger partial charge >= 0.3 is 0 Å². The van der Waals surface area contributed by atoms with Crippen molar-refractivity contribution in [3.63, 3.8) is 0 Å². The van der Waals surface area contributed by atoms with Crippen LogP contribution in [0.2, 0.25) is 5.02 Å². The Morgan fingerprint density at radius 2 is 2.00 bits per heavy atom. The van der Waals surface area contributed by atoms with Gasteiger partial charge in [0.25, 0.3) is 0 Å². The highest BCUT2D eigenvalue weighted by atomic mass is 35.5. The van der Waals surface area contributed by atoms with E-state index in [9.17, 15) is 13.5 Å². The van der Waals surface area contributed by atoms with E-state index in [-0.39, 0.29) is 16.9 Å². The molecule has 6 nitrogen and oxygen atoms in total. The number of benzene rings is 1. The molecule has 1 saturated carbocycles. The summed E-state index contributed by atoms with van der Waals surface area (Å²) < 4.78 is 30.4. The van der Waals surface area contributed by atoms with Crippen LogP contribution in [0.1, 0.15) is 35.6 Å². The van der Waals surface area contributed by atoms with Gasteiger partial charge in [-0.25, -0.2) is 13.1 Å². The zero-order chi connectivity index (χ0) is 18.4. The van der Waals surface area contributed by atoms with Crippen LogP contribution >= 0.6 is 11.6 Å². The normalized spacial score (nSPS) is 21.8. The zero-order valence-corrected chi connectivity index (χ0v) is 16.0. The lowest BCUT2D eigenvalue weighted by molar-refractivity contribution is 0.0280. The van der Waals surface area contributed by atoms with Crippen LogP contribution in [0.3, 0.4) is 0 Å². The topological polar surface area (TPSA) is 84.2 Å². The fourth-order valence-electron chi connectivity index (χ4n) is 3.21. The van der Waals surface area contributed by atoms with Crippen molar-refractivity contribution in [1.29, 1.82) is 0 Å². The lowest BCUT2D eigenvalue weighted by atomic mass is 9.76. The maximum absolute atomic E-state index is 13.0. The van der Waals surface area contributed by atoms with Crippen molar-refractivity contribution >= 4 is 21.6 Å². The highest BCUT2D eigenvalue weighted by Crippen LogP contribution is 2.39. The molecule has 1 fully saturated rings. The molecule has 1 aromatic carbocycles. The fourth-order valence-corrected chi connectivity index (χ4v) is 5.04. The molecule has 0 saturated heterocycles. The van der Waals surface area contributed by atoms with Crippen LogP contribution in [0.25, 0.3) is 0 Å². The Kier molecular flexibility index (Phi) is 4.94. The van der Waals surface area contributed by atoms with Gasteiger partial charge in [0.1, 0.15) is 0 Å². The molecule has 1 aliphatic carbocycles. The van der Waals surface area contributed by atoms with Gasteiger partial charge in [-0.05, 0) is 55.9 Å². The number of rotatable bonds is 5. The molecule has 1 aromatic heterocycles. The van der Waals surface area contributed by atoms with Gasteiger partial charge in [-0.1, -0.05) is 11.6 Å². The highest BCUT2D eigenvalue weighted by molar-refractivity contribution is 7.89. The van der Waals surface area contributed by atoms with Crippen LogP contribution in [0.15, 0.2) is 29.4 Å². The summed E-state index contributed by atoms with van der Waals surface area (Å²) in [5.74, 6) is 0.0441. The Hall–Kier alpha value is -1.41. The van der Waals surface area contributed by atoms with Gasteiger partial charge in [0, 0.05) is 23.8 Å². The van der Waals surface area contributed by atoms with Crippen molar-refractivity contribution in [3.05, 3.63) is 46.2 Å². The average Bonchev–Trinajstić information content (AvgIpc) is 2.92. The van der Waals surface area contributed by atoms with Crippen molar-refractivity contribution in [1.82, 2.24) is 14.5 Å². The Labute approximate surface area is 152 Å². The van der Waals surface area contributed by atoms with E-state index < -0.39 is 16.1 Å². The van der Waals surface area contributed by atoms with Gasteiger partial charge in [-0.15, -0.1) is 0 Å². The average molecular weight is 384 g/mol. The van der Waals surface area contributed by atoms with E-state index in [1.807, 2.05) is 0 Å². The number of aromatic nitrogens is 2. The molecule has 0 bridgehead atoms. The summed E-state index contributed by atoms with van der Waals surface area (Å²) in [5, 5.41) is 14.3. The summed E-state index contributed by atoms with van der Waals surface area (Å²) in [6.07, 6.45) is 4.24. The minimum atomic E-state index is -3.73. The van der Waals surface area contributed by atoms with E-state index in [0.717, 1.165) is 5.56 Å². The lowest BCUT2D eigenvalue weighted by Gasteiger charge is -2.37. The summed E-state index contributed by atoms with van der Waals surface area (Å²) >= 11 is 6.08. The minimum absolute atomic E-state index is 0.0441. The minimum Gasteiger partial charge on any atom is -0.393 e. The summed E-state index contributed by atoms with van der Waals surface area (Å²) in [6.45, 7) is 3.51. The number of aliphatic hydroxyl groups is 1. The van der Waals surface area contributed by atoms with Crippen LogP contribution in [0, 0.1) is 19.8 Å². The molecule has 0 aliphatic heterocycles. The third-order valence-electron chi connectivity index (χ3n) is 4.73. The molecule has 2 aromatic rings. The smallest absolute Gasteiger partial charge is 0.241 e. The zero-order valence-electron chi connectivity index (χ0n) is 14.4. The van der Waals surface area contributed by atoms with Gasteiger partial charge in [0.15, 0.2) is 0 Å². The molecular formula is C17H22ClN3O3S. The van der Waals surface area contributed by atoms with E-state index in [0.29, 0.717) is 29.0 Å². The number of hydrogen-bond donors (Lipinski definition) is 2. The largest absolute Gasteiger partial charge is 0.393 e. The monoisotopic (exact) mass is 383 g/mol. The third kappa shape index (κ3) is 3.74. The van der Waals surface area contributed by atoms with Crippen LogP contribution in [0.5, 0.6) is 0 Å². The summed E-state index contributed by atoms with van der Waals surface area (Å²) in [4.78, 5) is 0.225. The predicted molar refractivity (Wildman–Crippen MR) is 95.9 cm³/mol. The molecule has 0 amide bonds. The van der Waals surface area contributed by atoms with E-state index in [4.69, 9.17) is 11.6 Å². The molecule has 8 heteroatoms. The number of aryl methyl sites for hydroxylation is 3. The second kappa shape index (κ2) is 6.72. The Bertz CT molecular complexity index is 889. The Balaban J connectivity index is 1.94.